The largest absolute Gasteiger partial charge is 0.478 e. The zero-order chi connectivity index (χ0) is 15.6. The normalized spacial score (nSPS) is 10.2. The van der Waals surface area contributed by atoms with Gasteiger partial charge in [0.15, 0.2) is 0 Å². The summed E-state index contributed by atoms with van der Waals surface area (Å²) in [7, 11) is 0. The Morgan fingerprint density at radius 1 is 1.00 bits per heavy atom. The fourth-order valence-corrected chi connectivity index (χ4v) is 2.01. The first-order chi connectivity index (χ1) is 9.88. The van der Waals surface area contributed by atoms with Crippen molar-refractivity contribution < 1.29 is 19.1 Å². The van der Waals surface area contributed by atoms with Gasteiger partial charge in [-0.25, -0.2) is 9.18 Å². The van der Waals surface area contributed by atoms with Gasteiger partial charge in [-0.15, -0.1) is 0 Å². The fourth-order valence-electron chi connectivity index (χ4n) is 1.66. The molecule has 0 aliphatic rings. The monoisotopic (exact) mass is 327 g/mol. The van der Waals surface area contributed by atoms with Gasteiger partial charge in [-0.1, -0.05) is 23.2 Å². The van der Waals surface area contributed by atoms with Crippen LogP contribution in [-0.2, 0) is 0 Å². The van der Waals surface area contributed by atoms with Gasteiger partial charge in [0.1, 0.15) is 5.82 Å². The molecule has 0 heterocycles. The number of rotatable bonds is 3. The minimum absolute atomic E-state index is 0.0104. The molecule has 0 aliphatic carbocycles. The molecule has 0 aliphatic heterocycles. The number of carbonyl (C=O) groups is 2. The lowest BCUT2D eigenvalue weighted by Gasteiger charge is -2.09. The third-order valence-corrected chi connectivity index (χ3v) is 3.10. The van der Waals surface area contributed by atoms with Crippen LogP contribution in [0.2, 0.25) is 10.0 Å². The second kappa shape index (κ2) is 6.11. The summed E-state index contributed by atoms with van der Waals surface area (Å²) in [5, 5.41) is 11.8. The predicted octanol–water partition coefficient (Wildman–Crippen LogP) is 4.08. The number of hydrogen-bond acceptors (Lipinski definition) is 2. The number of carboxylic acid groups (broad SMARTS) is 1. The SMILES string of the molecule is O=C(Nc1ccc(Cl)cc1C(=O)O)c1cc(Cl)ccc1F. The van der Waals surface area contributed by atoms with Crippen molar-refractivity contribution >= 4 is 40.8 Å². The molecule has 0 atom stereocenters. The van der Waals surface area contributed by atoms with Crippen molar-refractivity contribution in [2.45, 2.75) is 0 Å². The van der Waals surface area contributed by atoms with Crippen molar-refractivity contribution in [3.05, 3.63) is 63.4 Å². The molecule has 4 nitrogen and oxygen atoms in total. The lowest BCUT2D eigenvalue weighted by Crippen LogP contribution is -2.16. The van der Waals surface area contributed by atoms with Crippen molar-refractivity contribution in [3.63, 3.8) is 0 Å². The molecule has 0 spiro atoms. The van der Waals surface area contributed by atoms with Gasteiger partial charge in [-0.3, -0.25) is 4.79 Å². The number of amides is 1. The van der Waals surface area contributed by atoms with Gasteiger partial charge in [0.05, 0.1) is 16.8 Å². The number of anilines is 1. The van der Waals surface area contributed by atoms with E-state index in [2.05, 4.69) is 5.32 Å². The number of carbonyl (C=O) groups excluding carboxylic acids is 1. The zero-order valence-corrected chi connectivity index (χ0v) is 11.9. The van der Waals surface area contributed by atoms with Crippen LogP contribution >= 0.6 is 23.2 Å². The number of carboxylic acids is 1. The number of halogens is 3. The molecular formula is C14H8Cl2FNO3. The first-order valence-corrected chi connectivity index (χ1v) is 6.43. The Kier molecular flexibility index (Phi) is 4.45. The summed E-state index contributed by atoms with van der Waals surface area (Å²) in [6.07, 6.45) is 0. The van der Waals surface area contributed by atoms with Crippen molar-refractivity contribution in [3.8, 4) is 0 Å². The minimum atomic E-state index is -1.26. The van der Waals surface area contributed by atoms with Gasteiger partial charge in [-0.05, 0) is 36.4 Å². The predicted molar refractivity (Wildman–Crippen MR) is 77.8 cm³/mol. The van der Waals surface area contributed by atoms with E-state index in [1.54, 1.807) is 0 Å². The van der Waals surface area contributed by atoms with E-state index < -0.39 is 17.7 Å². The molecule has 2 aromatic carbocycles. The second-order valence-electron chi connectivity index (χ2n) is 4.07. The van der Waals surface area contributed by atoms with E-state index in [9.17, 15) is 14.0 Å². The van der Waals surface area contributed by atoms with E-state index in [1.165, 1.54) is 24.3 Å². The molecule has 0 bridgehead atoms. The molecule has 0 aromatic heterocycles. The summed E-state index contributed by atoms with van der Waals surface area (Å²) >= 11 is 11.4. The van der Waals surface area contributed by atoms with Gasteiger partial charge >= 0.3 is 5.97 Å². The molecule has 7 heteroatoms. The van der Waals surface area contributed by atoms with E-state index >= 15 is 0 Å². The van der Waals surface area contributed by atoms with Crippen LogP contribution in [0.4, 0.5) is 10.1 Å². The average molecular weight is 328 g/mol. The second-order valence-corrected chi connectivity index (χ2v) is 4.95. The third-order valence-electron chi connectivity index (χ3n) is 2.63. The summed E-state index contributed by atoms with van der Waals surface area (Å²) in [5.74, 6) is -2.83. The number of nitrogens with one attached hydrogen (secondary N) is 1. The summed E-state index contributed by atoms with van der Waals surface area (Å²) < 4.78 is 13.6. The van der Waals surface area contributed by atoms with Crippen LogP contribution in [0, 0.1) is 5.82 Å². The van der Waals surface area contributed by atoms with Gasteiger partial charge in [0.25, 0.3) is 5.91 Å². The Labute approximate surface area is 129 Å². The van der Waals surface area contributed by atoms with E-state index in [1.807, 2.05) is 0 Å². The van der Waals surface area contributed by atoms with Crippen LogP contribution in [0.5, 0.6) is 0 Å². The zero-order valence-electron chi connectivity index (χ0n) is 10.4. The highest BCUT2D eigenvalue weighted by molar-refractivity contribution is 6.31. The van der Waals surface area contributed by atoms with Crippen molar-refractivity contribution in [2.24, 2.45) is 0 Å². The van der Waals surface area contributed by atoms with Gasteiger partial charge < -0.3 is 10.4 Å². The highest BCUT2D eigenvalue weighted by Gasteiger charge is 2.17. The lowest BCUT2D eigenvalue weighted by atomic mass is 10.1. The van der Waals surface area contributed by atoms with Crippen molar-refractivity contribution in [1.29, 1.82) is 0 Å². The molecule has 0 saturated heterocycles. The standard InChI is InChI=1S/C14H8Cl2FNO3/c15-7-1-3-11(17)9(5-7)13(19)18-12-4-2-8(16)6-10(12)14(20)21/h1-6H,(H,18,19)(H,20,21). The average Bonchev–Trinajstić information content (AvgIpc) is 2.43. The maximum absolute atomic E-state index is 13.6. The Morgan fingerprint density at radius 3 is 2.19 bits per heavy atom. The number of benzene rings is 2. The molecule has 0 saturated carbocycles. The maximum atomic E-state index is 13.6. The molecule has 2 aromatic rings. The van der Waals surface area contributed by atoms with E-state index in [4.69, 9.17) is 28.3 Å². The van der Waals surface area contributed by atoms with E-state index in [0.717, 1.165) is 12.1 Å². The number of aromatic carboxylic acids is 1. The lowest BCUT2D eigenvalue weighted by molar-refractivity contribution is 0.0698. The van der Waals surface area contributed by atoms with Crippen molar-refractivity contribution in [2.75, 3.05) is 5.32 Å². The molecule has 0 radical (unpaired) electrons. The Morgan fingerprint density at radius 2 is 1.57 bits per heavy atom. The topological polar surface area (TPSA) is 66.4 Å². The first kappa shape index (κ1) is 15.3. The first-order valence-electron chi connectivity index (χ1n) is 5.67. The molecule has 21 heavy (non-hydrogen) atoms. The molecule has 2 N–H and O–H groups in total. The Bertz CT molecular complexity index is 734. The number of hydrogen-bond donors (Lipinski definition) is 2. The molecule has 2 rings (SSSR count). The molecule has 1 amide bonds. The highest BCUT2D eigenvalue weighted by atomic mass is 35.5. The summed E-state index contributed by atoms with van der Waals surface area (Å²) in [6, 6.07) is 7.44. The summed E-state index contributed by atoms with van der Waals surface area (Å²) in [6.45, 7) is 0. The van der Waals surface area contributed by atoms with Crippen LogP contribution in [0.25, 0.3) is 0 Å². The minimum Gasteiger partial charge on any atom is -0.478 e. The van der Waals surface area contributed by atoms with Gasteiger partial charge in [-0.2, -0.15) is 0 Å². The van der Waals surface area contributed by atoms with E-state index in [0.29, 0.717) is 0 Å². The van der Waals surface area contributed by atoms with Gasteiger partial charge in [0, 0.05) is 10.0 Å². The van der Waals surface area contributed by atoms with Crippen molar-refractivity contribution in [1.82, 2.24) is 0 Å². The van der Waals surface area contributed by atoms with Crippen LogP contribution in [0.15, 0.2) is 36.4 Å². The molecule has 108 valence electrons. The summed E-state index contributed by atoms with van der Waals surface area (Å²) in [4.78, 5) is 23.1. The highest BCUT2D eigenvalue weighted by Crippen LogP contribution is 2.22. The molecular weight excluding hydrogens is 320 g/mol. The molecule has 0 fully saturated rings. The quantitative estimate of drug-likeness (QED) is 0.892. The fraction of sp³-hybridized carbons (Fsp3) is 0. The third kappa shape index (κ3) is 3.51. The van der Waals surface area contributed by atoms with Crippen LogP contribution in [0.1, 0.15) is 20.7 Å². The Hall–Kier alpha value is -2.11. The Balaban J connectivity index is 2.36. The van der Waals surface area contributed by atoms with Crippen LogP contribution in [0.3, 0.4) is 0 Å². The van der Waals surface area contributed by atoms with E-state index in [-0.39, 0.29) is 26.9 Å². The van der Waals surface area contributed by atoms with Crippen LogP contribution < -0.4 is 5.32 Å². The molecule has 0 unspecified atom stereocenters. The smallest absolute Gasteiger partial charge is 0.337 e. The maximum Gasteiger partial charge on any atom is 0.337 e. The van der Waals surface area contributed by atoms with Gasteiger partial charge in [0.2, 0.25) is 0 Å². The van der Waals surface area contributed by atoms with Crippen LogP contribution in [-0.4, -0.2) is 17.0 Å². The summed E-state index contributed by atoms with van der Waals surface area (Å²) in [5.41, 5.74) is -0.469.